The fraction of sp³-hybridized carbons (Fsp3) is 0.882. The van der Waals surface area contributed by atoms with Crippen LogP contribution >= 0.6 is 24.0 Å². The molecule has 138 valence electrons. The molecule has 0 aromatic rings. The van der Waals surface area contributed by atoms with Gasteiger partial charge in [-0.15, -0.1) is 24.0 Å². The number of guanidine groups is 1. The monoisotopic (exact) mass is 450 g/mol. The highest BCUT2D eigenvalue weighted by molar-refractivity contribution is 14.0. The van der Waals surface area contributed by atoms with Gasteiger partial charge in [0.25, 0.3) is 0 Å². The van der Waals surface area contributed by atoms with Crippen molar-refractivity contribution in [1.29, 1.82) is 0 Å². The summed E-state index contributed by atoms with van der Waals surface area (Å²) >= 11 is 0. The Labute approximate surface area is 162 Å². The average Bonchev–Trinajstić information content (AvgIpc) is 3.17. The lowest BCUT2D eigenvalue weighted by molar-refractivity contribution is -0.121. The molecule has 2 saturated heterocycles. The van der Waals surface area contributed by atoms with Crippen LogP contribution in [0.5, 0.6) is 0 Å². The Balaban J connectivity index is 0.00000208. The smallest absolute Gasteiger partial charge is 0.221 e. The van der Waals surface area contributed by atoms with Gasteiger partial charge in [-0.25, -0.2) is 0 Å². The van der Waals surface area contributed by atoms with Crippen molar-refractivity contribution in [2.45, 2.75) is 82.1 Å². The predicted molar refractivity (Wildman–Crippen MR) is 106 cm³/mol. The van der Waals surface area contributed by atoms with Gasteiger partial charge in [0.05, 0.1) is 18.2 Å². The lowest BCUT2D eigenvalue weighted by Gasteiger charge is -2.24. The molecule has 0 radical (unpaired) electrons. The summed E-state index contributed by atoms with van der Waals surface area (Å²) in [6, 6.07) is 0.746. The van der Waals surface area contributed by atoms with Crippen molar-refractivity contribution in [3.05, 3.63) is 0 Å². The first-order valence-corrected chi connectivity index (χ1v) is 9.16. The van der Waals surface area contributed by atoms with Gasteiger partial charge in [0.1, 0.15) is 0 Å². The number of aliphatic imine (C=N–C) groups is 1. The number of nitrogens with one attached hydrogen (secondary N) is 3. The molecule has 24 heavy (non-hydrogen) atoms. The second kappa shape index (κ2) is 9.79. The lowest BCUT2D eigenvalue weighted by atomic mass is 9.95. The van der Waals surface area contributed by atoms with Crippen LogP contribution in [0, 0.1) is 0 Å². The van der Waals surface area contributed by atoms with E-state index in [1.54, 1.807) is 7.05 Å². The van der Waals surface area contributed by atoms with Crippen molar-refractivity contribution in [2.75, 3.05) is 13.6 Å². The van der Waals surface area contributed by atoms with E-state index in [9.17, 15) is 4.79 Å². The molecule has 3 atom stereocenters. The lowest BCUT2D eigenvalue weighted by Crippen LogP contribution is -2.48. The van der Waals surface area contributed by atoms with Crippen LogP contribution in [0.1, 0.15) is 57.8 Å². The summed E-state index contributed by atoms with van der Waals surface area (Å²) in [7, 11) is 1.77. The molecule has 6 nitrogen and oxygen atoms in total. The van der Waals surface area contributed by atoms with Gasteiger partial charge < -0.3 is 20.7 Å². The van der Waals surface area contributed by atoms with Gasteiger partial charge >= 0.3 is 0 Å². The Hall–Kier alpha value is -0.570. The SMILES string of the molecule is CN=C(NCCC(=O)NC1CCCCC1)NC1CC2CCC1O2.I. The number of carbonyl (C=O) groups excluding carboxylic acids is 1. The maximum absolute atomic E-state index is 12.0. The maximum atomic E-state index is 12.0. The first-order chi connectivity index (χ1) is 11.2. The van der Waals surface area contributed by atoms with E-state index >= 15 is 0 Å². The van der Waals surface area contributed by atoms with E-state index < -0.39 is 0 Å². The van der Waals surface area contributed by atoms with Crippen LogP contribution in [0.3, 0.4) is 0 Å². The number of amides is 1. The maximum Gasteiger partial charge on any atom is 0.221 e. The highest BCUT2D eigenvalue weighted by Gasteiger charge is 2.41. The molecule has 3 rings (SSSR count). The van der Waals surface area contributed by atoms with Gasteiger partial charge in [-0.05, 0) is 32.1 Å². The molecule has 2 aliphatic heterocycles. The fourth-order valence-electron chi connectivity index (χ4n) is 4.00. The van der Waals surface area contributed by atoms with Crippen LogP contribution in [0.15, 0.2) is 4.99 Å². The van der Waals surface area contributed by atoms with E-state index in [2.05, 4.69) is 20.9 Å². The fourth-order valence-corrected chi connectivity index (χ4v) is 4.00. The molecular formula is C17H31IN4O2. The van der Waals surface area contributed by atoms with E-state index in [1.165, 1.54) is 25.7 Å². The molecule has 2 heterocycles. The Bertz CT molecular complexity index is 440. The van der Waals surface area contributed by atoms with Crippen LogP contribution < -0.4 is 16.0 Å². The molecule has 3 unspecified atom stereocenters. The van der Waals surface area contributed by atoms with Crippen molar-refractivity contribution in [3.8, 4) is 0 Å². The second-order valence-electron chi connectivity index (χ2n) is 7.01. The minimum atomic E-state index is 0. The Morgan fingerprint density at radius 1 is 1.12 bits per heavy atom. The van der Waals surface area contributed by atoms with Crippen molar-refractivity contribution >= 4 is 35.8 Å². The van der Waals surface area contributed by atoms with Gasteiger partial charge in [0.2, 0.25) is 5.91 Å². The van der Waals surface area contributed by atoms with Crippen LogP contribution in [0.25, 0.3) is 0 Å². The number of rotatable bonds is 5. The molecular weight excluding hydrogens is 419 g/mol. The zero-order valence-electron chi connectivity index (χ0n) is 14.6. The van der Waals surface area contributed by atoms with Crippen molar-refractivity contribution in [3.63, 3.8) is 0 Å². The van der Waals surface area contributed by atoms with Gasteiger partial charge in [-0.2, -0.15) is 0 Å². The number of halogens is 1. The molecule has 0 aromatic heterocycles. The summed E-state index contributed by atoms with van der Waals surface area (Å²) in [5, 5.41) is 9.83. The minimum Gasteiger partial charge on any atom is -0.373 e. The zero-order valence-corrected chi connectivity index (χ0v) is 16.9. The number of fused-ring (bicyclic) bond motifs is 2. The third-order valence-electron chi connectivity index (χ3n) is 5.27. The average molecular weight is 450 g/mol. The van der Waals surface area contributed by atoms with Crippen LogP contribution in [-0.2, 0) is 9.53 Å². The number of hydrogen-bond donors (Lipinski definition) is 3. The highest BCUT2D eigenvalue weighted by Crippen LogP contribution is 2.34. The highest BCUT2D eigenvalue weighted by atomic mass is 127. The van der Waals surface area contributed by atoms with Crippen LogP contribution in [0.4, 0.5) is 0 Å². The molecule has 3 aliphatic rings. The number of hydrogen-bond acceptors (Lipinski definition) is 3. The quantitative estimate of drug-likeness (QED) is 0.340. The third-order valence-corrected chi connectivity index (χ3v) is 5.27. The Kier molecular flexibility index (Phi) is 8.06. The summed E-state index contributed by atoms with van der Waals surface area (Å²) in [5.41, 5.74) is 0. The molecule has 0 spiro atoms. The van der Waals surface area contributed by atoms with E-state index in [0.717, 1.165) is 31.6 Å². The van der Waals surface area contributed by atoms with Gasteiger partial charge in [0.15, 0.2) is 5.96 Å². The molecule has 0 aromatic carbocycles. The Morgan fingerprint density at radius 3 is 2.54 bits per heavy atom. The van der Waals surface area contributed by atoms with Gasteiger partial charge in [-0.3, -0.25) is 9.79 Å². The normalized spacial score (nSPS) is 29.9. The van der Waals surface area contributed by atoms with Crippen LogP contribution in [-0.4, -0.2) is 49.8 Å². The second-order valence-corrected chi connectivity index (χ2v) is 7.01. The summed E-state index contributed by atoms with van der Waals surface area (Å²) in [5.74, 6) is 0.916. The van der Waals surface area contributed by atoms with Crippen molar-refractivity contribution in [2.24, 2.45) is 4.99 Å². The summed E-state index contributed by atoms with van der Waals surface area (Å²) in [4.78, 5) is 16.3. The Morgan fingerprint density at radius 2 is 1.92 bits per heavy atom. The minimum absolute atomic E-state index is 0. The van der Waals surface area contributed by atoms with Gasteiger partial charge in [-0.1, -0.05) is 19.3 Å². The molecule has 7 heteroatoms. The molecule has 3 N–H and O–H groups in total. The number of nitrogens with zero attached hydrogens (tertiary/aromatic N) is 1. The first-order valence-electron chi connectivity index (χ1n) is 9.16. The summed E-state index contributed by atoms with van der Waals surface area (Å²) < 4.78 is 5.85. The van der Waals surface area contributed by atoms with E-state index in [1.807, 2.05) is 0 Å². The molecule has 1 aliphatic carbocycles. The standard InChI is InChI=1S/C17H30N4O2.HI/c1-18-17(21-14-11-13-7-8-15(14)23-13)19-10-9-16(22)20-12-5-3-2-4-6-12;/h12-15H,2-11H2,1H3,(H,20,22)(H2,18,19,21);1H. The summed E-state index contributed by atoms with van der Waals surface area (Å²) in [6.45, 7) is 0.611. The number of ether oxygens (including phenoxy) is 1. The molecule has 2 bridgehead atoms. The molecule has 1 saturated carbocycles. The third kappa shape index (κ3) is 5.47. The van der Waals surface area contributed by atoms with E-state index in [-0.39, 0.29) is 29.9 Å². The summed E-state index contributed by atoms with van der Waals surface area (Å²) in [6.07, 6.45) is 10.7. The number of carbonyl (C=O) groups is 1. The van der Waals surface area contributed by atoms with Gasteiger partial charge in [0, 0.05) is 26.1 Å². The zero-order chi connectivity index (χ0) is 16.1. The first kappa shape index (κ1) is 19.8. The molecule has 3 fully saturated rings. The largest absolute Gasteiger partial charge is 0.373 e. The molecule has 1 amide bonds. The van der Waals surface area contributed by atoms with Crippen LogP contribution in [0.2, 0.25) is 0 Å². The van der Waals surface area contributed by atoms with E-state index in [0.29, 0.717) is 37.3 Å². The van der Waals surface area contributed by atoms with E-state index in [4.69, 9.17) is 4.74 Å². The predicted octanol–water partition coefficient (Wildman–Crippen LogP) is 1.93. The van der Waals surface area contributed by atoms with Crippen molar-refractivity contribution in [1.82, 2.24) is 16.0 Å². The topological polar surface area (TPSA) is 74.8 Å². The van der Waals surface area contributed by atoms with Crippen molar-refractivity contribution < 1.29 is 9.53 Å².